The molecule has 2 aromatic carbocycles. The number of alkyl halides is 3. The molecular weight excluding hydrogens is 566 g/mol. The van der Waals surface area contributed by atoms with Gasteiger partial charge < -0.3 is 10.4 Å². The van der Waals surface area contributed by atoms with Gasteiger partial charge in [-0.3, -0.25) is 19.5 Å². The van der Waals surface area contributed by atoms with E-state index in [0.717, 1.165) is 0 Å². The summed E-state index contributed by atoms with van der Waals surface area (Å²) in [6.07, 6.45) is -7.92. The minimum atomic E-state index is -5.03. The molecule has 1 aromatic heterocycles. The van der Waals surface area contributed by atoms with Crippen molar-refractivity contribution in [2.45, 2.75) is 31.4 Å². The van der Waals surface area contributed by atoms with Crippen LogP contribution in [-0.2, 0) is 17.9 Å². The van der Waals surface area contributed by atoms with Crippen LogP contribution in [0.5, 0.6) is 0 Å². The molecule has 3 rings (SSSR count). The monoisotopic (exact) mass is 581 g/mol. The van der Waals surface area contributed by atoms with Crippen LogP contribution in [0, 0.1) is 10.1 Å². The molecule has 3 aromatic rings. The average Bonchev–Trinajstić information content (AvgIpc) is 3.09. The minimum Gasteiger partial charge on any atom is -0.382 e. The summed E-state index contributed by atoms with van der Waals surface area (Å²) in [5.41, 5.74) is -0.797. The highest BCUT2D eigenvalue weighted by Gasteiger charge is 2.39. The van der Waals surface area contributed by atoms with Gasteiger partial charge in [0.25, 0.3) is 0 Å². The van der Waals surface area contributed by atoms with E-state index < -0.39 is 54.5 Å². The third-order valence-electron chi connectivity index (χ3n) is 5.08. The molecule has 0 fully saturated rings. The highest BCUT2D eigenvalue weighted by atomic mass is 35.5. The number of aliphatic hydroxyl groups excluding tert-OH is 1. The quantitative estimate of drug-likeness (QED) is 0.292. The number of carbonyl (C=O) groups excluding carboxylic acids is 1. The van der Waals surface area contributed by atoms with Crippen molar-refractivity contribution in [3.8, 4) is 11.4 Å². The van der Waals surface area contributed by atoms with Crippen LogP contribution in [0.3, 0.4) is 0 Å². The number of aliphatic hydroxyl groups is 1. The number of benzene rings is 2. The molecule has 0 spiro atoms. The second kappa shape index (κ2) is 11.5. The van der Waals surface area contributed by atoms with Crippen LogP contribution in [0.25, 0.3) is 11.4 Å². The molecule has 10 nitrogen and oxygen atoms in total. The lowest BCUT2D eigenvalue weighted by molar-refractivity contribution is -0.484. The van der Waals surface area contributed by atoms with Gasteiger partial charge in [0.05, 0.1) is 16.6 Å². The zero-order chi connectivity index (χ0) is 27.5. The van der Waals surface area contributed by atoms with Crippen molar-refractivity contribution in [1.82, 2.24) is 19.7 Å². The molecule has 198 valence electrons. The van der Waals surface area contributed by atoms with E-state index in [1.807, 2.05) is 0 Å². The fourth-order valence-corrected chi connectivity index (χ4v) is 3.90. The van der Waals surface area contributed by atoms with E-state index in [4.69, 9.17) is 34.8 Å². The normalized spacial score (nSPS) is 13.3. The number of rotatable bonds is 9. The lowest BCUT2D eigenvalue weighted by Gasteiger charge is -2.17. The zero-order valence-corrected chi connectivity index (χ0v) is 20.7. The first-order chi connectivity index (χ1) is 17.3. The number of hydrogen-bond donors (Lipinski definition) is 2. The van der Waals surface area contributed by atoms with Crippen LogP contribution in [0.4, 0.5) is 13.2 Å². The highest BCUT2D eigenvalue weighted by Crippen LogP contribution is 2.30. The summed E-state index contributed by atoms with van der Waals surface area (Å²) in [6, 6.07) is 8.69. The minimum absolute atomic E-state index is 0.0241. The van der Waals surface area contributed by atoms with Gasteiger partial charge in [0, 0.05) is 21.1 Å². The topological polar surface area (TPSA) is 132 Å². The van der Waals surface area contributed by atoms with E-state index >= 15 is 0 Å². The number of carbonyl (C=O) groups is 1. The molecule has 0 radical (unpaired) electrons. The molecule has 1 amide bonds. The molecule has 0 saturated heterocycles. The second-order valence-electron chi connectivity index (χ2n) is 7.72. The first-order valence-corrected chi connectivity index (χ1v) is 11.4. The van der Waals surface area contributed by atoms with Crippen molar-refractivity contribution < 1.29 is 28.0 Å². The summed E-state index contributed by atoms with van der Waals surface area (Å²) >= 11 is 17.9. The van der Waals surface area contributed by atoms with Gasteiger partial charge in [-0.05, 0) is 30.3 Å². The number of nitro groups is 1. The summed E-state index contributed by atoms with van der Waals surface area (Å²) in [5.74, 6) is -1.19. The van der Waals surface area contributed by atoms with E-state index in [1.165, 1.54) is 42.5 Å². The predicted molar refractivity (Wildman–Crippen MR) is 128 cm³/mol. The predicted octanol–water partition coefficient (Wildman–Crippen LogP) is 3.73. The number of aromatic nitrogens is 3. The first-order valence-electron chi connectivity index (χ1n) is 10.3. The standard InChI is InChI=1S/C21H17Cl3F3N5O5/c22-12-6-4-11(5-7-12)19-29-31(20(35)30(19)9-16(33)21(25,26)27)10-17(34)28-15(8-32(36)37)13-2-1-3-14(23)18(13)24/h1-7,15-16,33H,8-10H2,(H,28,34)/t15?,16-/m0/s1. The SMILES string of the molecule is O=C(Cn1nc(-c2ccc(Cl)cc2)n(C[C@H](O)C(F)(F)F)c1=O)NC(C[N+](=O)[O-])c1cccc(Cl)c1Cl. The van der Waals surface area contributed by atoms with Crippen LogP contribution in [0.2, 0.25) is 15.1 Å². The summed E-state index contributed by atoms with van der Waals surface area (Å²) in [4.78, 5) is 36.1. The molecule has 16 heteroatoms. The third-order valence-corrected chi connectivity index (χ3v) is 6.16. The van der Waals surface area contributed by atoms with Crippen molar-refractivity contribution in [3.05, 3.63) is 83.7 Å². The van der Waals surface area contributed by atoms with Crippen LogP contribution < -0.4 is 11.0 Å². The maximum atomic E-state index is 13.0. The smallest absolute Gasteiger partial charge is 0.382 e. The molecule has 0 aliphatic heterocycles. The number of nitrogens with one attached hydrogen (secondary N) is 1. The molecule has 2 N–H and O–H groups in total. The number of hydrogen-bond acceptors (Lipinski definition) is 6. The van der Waals surface area contributed by atoms with Crippen LogP contribution in [0.15, 0.2) is 47.3 Å². The van der Waals surface area contributed by atoms with Gasteiger partial charge in [-0.25, -0.2) is 9.48 Å². The molecule has 1 unspecified atom stereocenters. The van der Waals surface area contributed by atoms with Gasteiger partial charge >= 0.3 is 11.9 Å². The Bertz CT molecular complexity index is 1360. The summed E-state index contributed by atoms with van der Waals surface area (Å²) in [5, 5.41) is 27.4. The van der Waals surface area contributed by atoms with Gasteiger partial charge in [-0.15, -0.1) is 5.10 Å². The Morgan fingerprint density at radius 3 is 2.41 bits per heavy atom. The molecule has 0 bridgehead atoms. The second-order valence-corrected chi connectivity index (χ2v) is 8.94. The zero-order valence-electron chi connectivity index (χ0n) is 18.5. The lowest BCUT2D eigenvalue weighted by Crippen LogP contribution is -2.40. The van der Waals surface area contributed by atoms with Gasteiger partial charge in [0.2, 0.25) is 12.5 Å². The molecule has 37 heavy (non-hydrogen) atoms. The van der Waals surface area contributed by atoms with Crippen LogP contribution in [-0.4, -0.2) is 49.1 Å². The molecule has 0 aliphatic rings. The van der Waals surface area contributed by atoms with Gasteiger partial charge in [-0.2, -0.15) is 13.2 Å². The van der Waals surface area contributed by atoms with Crippen LogP contribution >= 0.6 is 34.8 Å². The maximum absolute atomic E-state index is 13.0. The first kappa shape index (κ1) is 28.4. The van der Waals surface area contributed by atoms with Crippen molar-refractivity contribution in [1.29, 1.82) is 0 Å². The fraction of sp³-hybridized carbons (Fsp3) is 0.286. The van der Waals surface area contributed by atoms with Crippen molar-refractivity contribution in [2.75, 3.05) is 6.54 Å². The lowest BCUT2D eigenvalue weighted by atomic mass is 10.1. The van der Waals surface area contributed by atoms with Gasteiger partial charge in [0.1, 0.15) is 12.6 Å². The van der Waals surface area contributed by atoms with E-state index in [0.29, 0.717) is 14.3 Å². The average molecular weight is 583 g/mol. The summed E-state index contributed by atoms with van der Waals surface area (Å²) < 4.78 is 40.1. The third kappa shape index (κ3) is 7.01. The van der Waals surface area contributed by atoms with Crippen molar-refractivity contribution in [3.63, 3.8) is 0 Å². The maximum Gasteiger partial charge on any atom is 0.416 e. The van der Waals surface area contributed by atoms with E-state index in [9.17, 15) is 38.0 Å². The van der Waals surface area contributed by atoms with Crippen LogP contribution in [0.1, 0.15) is 11.6 Å². The number of nitrogens with zero attached hydrogens (tertiary/aromatic N) is 4. The Kier molecular flexibility index (Phi) is 8.84. The Morgan fingerprint density at radius 2 is 1.81 bits per heavy atom. The van der Waals surface area contributed by atoms with E-state index in [2.05, 4.69) is 10.4 Å². The van der Waals surface area contributed by atoms with Crippen molar-refractivity contribution >= 4 is 40.7 Å². The van der Waals surface area contributed by atoms with E-state index in [-0.39, 0.29) is 27.0 Å². The Morgan fingerprint density at radius 1 is 1.16 bits per heavy atom. The largest absolute Gasteiger partial charge is 0.416 e. The summed E-state index contributed by atoms with van der Waals surface area (Å²) in [6.45, 7) is -2.77. The Labute approximate surface area is 221 Å². The molecule has 1 heterocycles. The molecular formula is C21H17Cl3F3N5O5. The number of amides is 1. The fourth-order valence-electron chi connectivity index (χ4n) is 3.33. The summed E-state index contributed by atoms with van der Waals surface area (Å²) in [7, 11) is 0. The Balaban J connectivity index is 1.94. The molecule has 0 aliphatic carbocycles. The molecule has 0 saturated carbocycles. The molecule has 2 atom stereocenters. The van der Waals surface area contributed by atoms with Gasteiger partial charge in [0.15, 0.2) is 11.9 Å². The highest BCUT2D eigenvalue weighted by molar-refractivity contribution is 6.42. The van der Waals surface area contributed by atoms with Crippen molar-refractivity contribution in [2.24, 2.45) is 0 Å². The van der Waals surface area contributed by atoms with Gasteiger partial charge in [-0.1, -0.05) is 46.9 Å². The Hall–Kier alpha value is -3.13. The number of halogens is 6. The van der Waals surface area contributed by atoms with E-state index in [1.54, 1.807) is 0 Å².